The number of hydrogen-bond donors (Lipinski definition) is 2. The maximum Gasteiger partial charge on any atom is 0.338 e. The van der Waals surface area contributed by atoms with Gasteiger partial charge >= 0.3 is 11.9 Å². The number of ether oxygens (including phenoxy) is 2. The number of anilines is 2. The highest BCUT2D eigenvalue weighted by atomic mass is 16.5. The molecule has 0 atom stereocenters. The fourth-order valence-electron chi connectivity index (χ4n) is 1.95. The third-order valence-corrected chi connectivity index (χ3v) is 3.14. The SMILES string of the molecule is CCOC(=O)c1ccc(NNc2ccc(C(=O)OCC)cc2)cc1. The molecule has 2 aromatic carbocycles. The topological polar surface area (TPSA) is 76.7 Å². The maximum atomic E-state index is 11.6. The van der Waals surface area contributed by atoms with Crippen LogP contribution in [0.3, 0.4) is 0 Å². The van der Waals surface area contributed by atoms with Gasteiger partial charge in [0.1, 0.15) is 0 Å². The van der Waals surface area contributed by atoms with E-state index < -0.39 is 0 Å². The molecule has 0 amide bonds. The van der Waals surface area contributed by atoms with Gasteiger partial charge in [-0.15, -0.1) is 0 Å². The molecule has 0 heterocycles. The Balaban J connectivity index is 1.91. The average Bonchev–Trinajstić information content (AvgIpc) is 2.61. The molecule has 0 aliphatic rings. The Labute approximate surface area is 140 Å². The lowest BCUT2D eigenvalue weighted by atomic mass is 10.2. The summed E-state index contributed by atoms with van der Waals surface area (Å²) < 4.78 is 9.86. The molecule has 0 aliphatic heterocycles. The quantitative estimate of drug-likeness (QED) is 0.598. The van der Waals surface area contributed by atoms with E-state index in [1.165, 1.54) is 0 Å². The van der Waals surface area contributed by atoms with Crippen LogP contribution in [0.25, 0.3) is 0 Å². The minimum Gasteiger partial charge on any atom is -0.462 e. The molecular weight excluding hydrogens is 308 g/mol. The highest BCUT2D eigenvalue weighted by molar-refractivity contribution is 5.90. The maximum absolute atomic E-state index is 11.6. The summed E-state index contributed by atoms with van der Waals surface area (Å²) in [5.74, 6) is -0.682. The fourth-order valence-corrected chi connectivity index (χ4v) is 1.95. The molecule has 6 nitrogen and oxygen atoms in total. The van der Waals surface area contributed by atoms with Gasteiger partial charge in [-0.1, -0.05) is 0 Å². The van der Waals surface area contributed by atoms with Crippen LogP contribution in [0.1, 0.15) is 34.6 Å². The average molecular weight is 328 g/mol. The van der Waals surface area contributed by atoms with Gasteiger partial charge in [0.2, 0.25) is 0 Å². The second-order valence-corrected chi connectivity index (χ2v) is 4.85. The summed E-state index contributed by atoms with van der Waals surface area (Å²) in [5.41, 5.74) is 8.61. The molecule has 0 spiro atoms. The largest absolute Gasteiger partial charge is 0.462 e. The third-order valence-electron chi connectivity index (χ3n) is 3.14. The van der Waals surface area contributed by atoms with Crippen molar-refractivity contribution < 1.29 is 19.1 Å². The standard InChI is InChI=1S/C18H20N2O4/c1-3-23-17(21)13-5-9-15(10-6-13)19-20-16-11-7-14(8-12-16)18(22)24-4-2/h5-12,19-20H,3-4H2,1-2H3. The van der Waals surface area contributed by atoms with Gasteiger partial charge in [0, 0.05) is 0 Å². The second-order valence-electron chi connectivity index (χ2n) is 4.85. The summed E-state index contributed by atoms with van der Waals surface area (Å²) in [6.45, 7) is 4.24. The van der Waals surface area contributed by atoms with Crippen LogP contribution in [0.4, 0.5) is 11.4 Å². The smallest absolute Gasteiger partial charge is 0.338 e. The number of esters is 2. The van der Waals surface area contributed by atoms with Gasteiger partial charge < -0.3 is 20.3 Å². The first kappa shape index (κ1) is 17.3. The lowest BCUT2D eigenvalue weighted by Gasteiger charge is -2.11. The van der Waals surface area contributed by atoms with Crippen LogP contribution >= 0.6 is 0 Å². The van der Waals surface area contributed by atoms with Crippen molar-refractivity contribution in [2.45, 2.75) is 13.8 Å². The van der Waals surface area contributed by atoms with Crippen molar-refractivity contribution in [3.63, 3.8) is 0 Å². The van der Waals surface area contributed by atoms with E-state index in [0.717, 1.165) is 11.4 Å². The molecule has 0 saturated heterocycles. The number of carbonyl (C=O) groups excluding carboxylic acids is 2. The van der Waals surface area contributed by atoms with Crippen molar-refractivity contribution >= 4 is 23.3 Å². The first-order valence-corrected chi connectivity index (χ1v) is 7.70. The van der Waals surface area contributed by atoms with Crippen molar-refractivity contribution in [3.05, 3.63) is 59.7 Å². The van der Waals surface area contributed by atoms with Crippen LogP contribution in [0.2, 0.25) is 0 Å². The Kier molecular flexibility index (Phi) is 6.19. The monoisotopic (exact) mass is 328 g/mol. The minimum atomic E-state index is -0.341. The normalized spacial score (nSPS) is 9.92. The zero-order valence-electron chi connectivity index (χ0n) is 13.7. The van der Waals surface area contributed by atoms with Gasteiger partial charge in [0.15, 0.2) is 0 Å². The number of hydrazine groups is 1. The van der Waals surface area contributed by atoms with Gasteiger partial charge in [-0.05, 0) is 62.4 Å². The van der Waals surface area contributed by atoms with Crippen molar-refractivity contribution in [3.8, 4) is 0 Å². The number of benzene rings is 2. The van der Waals surface area contributed by atoms with Crippen molar-refractivity contribution in [2.75, 3.05) is 24.1 Å². The first-order valence-electron chi connectivity index (χ1n) is 7.70. The number of rotatable bonds is 7. The van der Waals surface area contributed by atoms with Gasteiger partial charge in [0.05, 0.1) is 35.7 Å². The van der Waals surface area contributed by atoms with Crippen LogP contribution in [0, 0.1) is 0 Å². The highest BCUT2D eigenvalue weighted by Gasteiger charge is 2.06. The zero-order chi connectivity index (χ0) is 17.4. The van der Waals surface area contributed by atoms with Crippen LogP contribution in [-0.4, -0.2) is 25.2 Å². The number of hydrogen-bond acceptors (Lipinski definition) is 6. The van der Waals surface area contributed by atoms with Gasteiger partial charge in [-0.3, -0.25) is 0 Å². The van der Waals surface area contributed by atoms with E-state index in [1.807, 2.05) is 0 Å². The van der Waals surface area contributed by atoms with Crippen LogP contribution in [0.5, 0.6) is 0 Å². The fraction of sp³-hybridized carbons (Fsp3) is 0.222. The molecule has 24 heavy (non-hydrogen) atoms. The lowest BCUT2D eigenvalue weighted by Crippen LogP contribution is -2.10. The molecule has 0 unspecified atom stereocenters. The lowest BCUT2D eigenvalue weighted by molar-refractivity contribution is 0.0517. The molecule has 0 saturated carbocycles. The molecule has 0 radical (unpaired) electrons. The summed E-state index contributed by atoms with van der Waals surface area (Å²) >= 11 is 0. The van der Waals surface area contributed by atoms with E-state index in [2.05, 4.69) is 10.9 Å². The van der Waals surface area contributed by atoms with E-state index in [0.29, 0.717) is 24.3 Å². The predicted molar refractivity (Wildman–Crippen MR) is 92.0 cm³/mol. The summed E-state index contributed by atoms with van der Waals surface area (Å²) in [6, 6.07) is 13.8. The van der Waals surface area contributed by atoms with Gasteiger partial charge in [0.25, 0.3) is 0 Å². The zero-order valence-corrected chi connectivity index (χ0v) is 13.7. The molecule has 0 aliphatic carbocycles. The third kappa shape index (κ3) is 4.74. The molecule has 0 bridgehead atoms. The molecule has 126 valence electrons. The summed E-state index contributed by atoms with van der Waals surface area (Å²) in [6.07, 6.45) is 0. The Morgan fingerprint density at radius 1 is 0.708 bits per heavy atom. The van der Waals surface area contributed by atoms with Gasteiger partial charge in [-0.25, -0.2) is 9.59 Å². The van der Waals surface area contributed by atoms with E-state index >= 15 is 0 Å². The molecule has 0 fully saturated rings. The molecule has 0 aromatic heterocycles. The molecule has 2 N–H and O–H groups in total. The summed E-state index contributed by atoms with van der Waals surface area (Å²) in [5, 5.41) is 0. The summed E-state index contributed by atoms with van der Waals surface area (Å²) in [7, 11) is 0. The van der Waals surface area contributed by atoms with E-state index in [4.69, 9.17) is 9.47 Å². The highest BCUT2D eigenvalue weighted by Crippen LogP contribution is 2.14. The molecule has 2 rings (SSSR count). The van der Waals surface area contributed by atoms with Crippen molar-refractivity contribution in [2.24, 2.45) is 0 Å². The number of carbonyl (C=O) groups is 2. The minimum absolute atomic E-state index is 0.341. The van der Waals surface area contributed by atoms with Crippen molar-refractivity contribution in [1.29, 1.82) is 0 Å². The van der Waals surface area contributed by atoms with E-state index in [1.54, 1.807) is 62.4 Å². The Morgan fingerprint density at radius 3 is 1.33 bits per heavy atom. The van der Waals surface area contributed by atoms with Crippen LogP contribution < -0.4 is 10.9 Å². The van der Waals surface area contributed by atoms with Crippen LogP contribution in [0.15, 0.2) is 48.5 Å². The summed E-state index contributed by atoms with van der Waals surface area (Å²) in [4.78, 5) is 23.1. The predicted octanol–water partition coefficient (Wildman–Crippen LogP) is 3.48. The van der Waals surface area contributed by atoms with Gasteiger partial charge in [-0.2, -0.15) is 0 Å². The second kappa shape index (κ2) is 8.57. The number of nitrogens with one attached hydrogen (secondary N) is 2. The van der Waals surface area contributed by atoms with Crippen LogP contribution in [-0.2, 0) is 9.47 Å². The Bertz CT molecular complexity index is 620. The van der Waals surface area contributed by atoms with E-state index in [9.17, 15) is 9.59 Å². The van der Waals surface area contributed by atoms with E-state index in [-0.39, 0.29) is 11.9 Å². The Morgan fingerprint density at radius 2 is 1.04 bits per heavy atom. The Hall–Kier alpha value is -3.02. The molecule has 2 aromatic rings. The molecule has 6 heteroatoms. The first-order chi connectivity index (χ1) is 11.6. The van der Waals surface area contributed by atoms with Crippen molar-refractivity contribution in [1.82, 2.24) is 0 Å². The molecular formula is C18H20N2O4.